The summed E-state index contributed by atoms with van der Waals surface area (Å²) in [5.41, 5.74) is 0. The molecule has 1 fully saturated rings. The Hall–Kier alpha value is -0.250. The molecule has 0 aromatic heterocycles. The Morgan fingerprint density at radius 2 is 2.00 bits per heavy atom. The molecule has 2 atom stereocenters. The Bertz CT molecular complexity index is 155. The minimum absolute atomic E-state index is 0.0895. The molecule has 0 aliphatic heterocycles. The van der Waals surface area contributed by atoms with Crippen molar-refractivity contribution in [2.45, 2.75) is 44.8 Å². The van der Waals surface area contributed by atoms with Crippen LogP contribution in [0.15, 0.2) is 0 Å². The van der Waals surface area contributed by atoms with Gasteiger partial charge in [0.15, 0.2) is 0 Å². The van der Waals surface area contributed by atoms with Gasteiger partial charge in [0.1, 0.15) is 0 Å². The van der Waals surface area contributed by atoms with Crippen LogP contribution in [0.3, 0.4) is 0 Å². The quantitative estimate of drug-likeness (QED) is 0.730. The summed E-state index contributed by atoms with van der Waals surface area (Å²) in [5.74, 6) is 0.447. The summed E-state index contributed by atoms with van der Waals surface area (Å²) < 4.78 is 35.6. The predicted molar refractivity (Wildman–Crippen MR) is 45.5 cm³/mol. The maximum atomic E-state index is 11.9. The molecule has 13 heavy (non-hydrogen) atoms. The van der Waals surface area contributed by atoms with E-state index in [9.17, 15) is 13.2 Å². The predicted octanol–water partition coefficient (Wildman–Crippen LogP) is 2.72. The van der Waals surface area contributed by atoms with Crippen LogP contribution in [0, 0.1) is 5.92 Å². The van der Waals surface area contributed by atoms with Gasteiger partial charge in [-0.3, -0.25) is 0 Å². The van der Waals surface area contributed by atoms with E-state index in [-0.39, 0.29) is 6.04 Å². The van der Waals surface area contributed by atoms with Crippen molar-refractivity contribution >= 4 is 0 Å². The smallest absolute Gasteiger partial charge is 0.306 e. The second-order valence-corrected chi connectivity index (χ2v) is 3.70. The molecule has 78 valence electrons. The first-order chi connectivity index (χ1) is 6.03. The van der Waals surface area contributed by atoms with Crippen LogP contribution in [-0.2, 0) is 0 Å². The van der Waals surface area contributed by atoms with Crippen molar-refractivity contribution in [1.82, 2.24) is 5.32 Å². The first-order valence-corrected chi connectivity index (χ1v) is 4.83. The molecule has 0 amide bonds. The Morgan fingerprint density at radius 3 is 2.54 bits per heavy atom. The van der Waals surface area contributed by atoms with Crippen LogP contribution >= 0.6 is 0 Å². The molecule has 0 heterocycles. The monoisotopic (exact) mass is 195 g/mol. The molecule has 4 heteroatoms. The molecule has 0 aromatic carbocycles. The van der Waals surface area contributed by atoms with E-state index in [1.807, 2.05) is 6.92 Å². The number of nitrogens with one attached hydrogen (secondary N) is 1. The maximum absolute atomic E-state index is 11.9. The van der Waals surface area contributed by atoms with Crippen LogP contribution in [0.25, 0.3) is 0 Å². The fraction of sp³-hybridized carbons (Fsp3) is 1.00. The van der Waals surface area contributed by atoms with Gasteiger partial charge in [-0.15, -0.1) is 0 Å². The van der Waals surface area contributed by atoms with E-state index in [1.54, 1.807) is 0 Å². The highest BCUT2D eigenvalue weighted by Crippen LogP contribution is 2.28. The summed E-state index contributed by atoms with van der Waals surface area (Å²) >= 11 is 0. The standard InChI is InChI=1S/C9H16F3N/c1-2-7-4-3-5-8(7)13-6-9(10,11)12/h7-8,13H,2-6H2,1H3. The van der Waals surface area contributed by atoms with E-state index >= 15 is 0 Å². The van der Waals surface area contributed by atoms with E-state index in [0.717, 1.165) is 25.7 Å². The highest BCUT2D eigenvalue weighted by Gasteiger charge is 2.31. The fourth-order valence-electron chi connectivity index (χ4n) is 2.04. The molecule has 2 unspecified atom stereocenters. The minimum Gasteiger partial charge on any atom is -0.306 e. The van der Waals surface area contributed by atoms with Crippen molar-refractivity contribution in [2.75, 3.05) is 6.54 Å². The second kappa shape index (κ2) is 4.31. The van der Waals surface area contributed by atoms with Gasteiger partial charge in [0, 0.05) is 6.04 Å². The number of alkyl halides is 3. The summed E-state index contributed by atoms with van der Waals surface area (Å²) in [6, 6.07) is 0.0895. The van der Waals surface area contributed by atoms with Gasteiger partial charge in [0.2, 0.25) is 0 Å². The second-order valence-electron chi connectivity index (χ2n) is 3.70. The van der Waals surface area contributed by atoms with Crippen molar-refractivity contribution in [3.05, 3.63) is 0 Å². The Morgan fingerprint density at radius 1 is 1.31 bits per heavy atom. The largest absolute Gasteiger partial charge is 0.401 e. The summed E-state index contributed by atoms with van der Waals surface area (Å²) in [6.45, 7) is 1.20. The molecule has 1 aliphatic rings. The molecule has 1 saturated carbocycles. The summed E-state index contributed by atoms with van der Waals surface area (Å²) in [5, 5.41) is 2.60. The zero-order valence-corrected chi connectivity index (χ0v) is 7.82. The van der Waals surface area contributed by atoms with Crippen LogP contribution in [0.5, 0.6) is 0 Å². The van der Waals surface area contributed by atoms with E-state index in [2.05, 4.69) is 5.32 Å². The summed E-state index contributed by atoms with van der Waals surface area (Å²) in [4.78, 5) is 0. The molecule has 0 saturated heterocycles. The molecule has 0 bridgehead atoms. The zero-order chi connectivity index (χ0) is 9.90. The summed E-state index contributed by atoms with van der Waals surface area (Å²) in [7, 11) is 0. The fourth-order valence-corrected chi connectivity index (χ4v) is 2.04. The SMILES string of the molecule is CCC1CCCC1NCC(F)(F)F. The number of hydrogen-bond acceptors (Lipinski definition) is 1. The van der Waals surface area contributed by atoms with Gasteiger partial charge >= 0.3 is 6.18 Å². The summed E-state index contributed by atoms with van der Waals surface area (Å²) in [6.07, 6.45) is -0.0505. The van der Waals surface area contributed by atoms with Gasteiger partial charge in [0.25, 0.3) is 0 Å². The van der Waals surface area contributed by atoms with E-state index in [0.29, 0.717) is 5.92 Å². The van der Waals surface area contributed by atoms with Gasteiger partial charge in [-0.25, -0.2) is 0 Å². The van der Waals surface area contributed by atoms with Gasteiger partial charge in [-0.1, -0.05) is 19.8 Å². The van der Waals surface area contributed by atoms with Crippen molar-refractivity contribution in [3.8, 4) is 0 Å². The third-order valence-electron chi connectivity index (χ3n) is 2.75. The third-order valence-corrected chi connectivity index (χ3v) is 2.75. The van der Waals surface area contributed by atoms with E-state index in [1.165, 1.54) is 0 Å². The molecule has 1 aliphatic carbocycles. The Balaban J connectivity index is 2.28. The van der Waals surface area contributed by atoms with Gasteiger partial charge < -0.3 is 5.32 Å². The van der Waals surface area contributed by atoms with Crippen molar-refractivity contribution in [1.29, 1.82) is 0 Å². The maximum Gasteiger partial charge on any atom is 0.401 e. The van der Waals surface area contributed by atoms with Crippen molar-refractivity contribution in [3.63, 3.8) is 0 Å². The van der Waals surface area contributed by atoms with E-state index in [4.69, 9.17) is 0 Å². The third kappa shape index (κ3) is 3.55. The number of halogens is 3. The molecule has 0 radical (unpaired) electrons. The average molecular weight is 195 g/mol. The molecular formula is C9H16F3N. The first-order valence-electron chi connectivity index (χ1n) is 4.83. The molecule has 0 spiro atoms. The molecule has 0 aromatic rings. The minimum atomic E-state index is -4.07. The lowest BCUT2D eigenvalue weighted by Crippen LogP contribution is -2.38. The van der Waals surface area contributed by atoms with Crippen LogP contribution in [0.2, 0.25) is 0 Å². The topological polar surface area (TPSA) is 12.0 Å². The van der Waals surface area contributed by atoms with Gasteiger partial charge in [-0.05, 0) is 18.8 Å². The van der Waals surface area contributed by atoms with Crippen LogP contribution in [0.1, 0.15) is 32.6 Å². The lowest BCUT2D eigenvalue weighted by atomic mass is 10.0. The molecule has 1 rings (SSSR count). The number of hydrogen-bond donors (Lipinski definition) is 1. The van der Waals surface area contributed by atoms with Gasteiger partial charge in [-0.2, -0.15) is 13.2 Å². The van der Waals surface area contributed by atoms with Gasteiger partial charge in [0.05, 0.1) is 6.54 Å². The zero-order valence-electron chi connectivity index (χ0n) is 7.82. The van der Waals surface area contributed by atoms with Crippen LogP contribution < -0.4 is 5.32 Å². The average Bonchev–Trinajstić information content (AvgIpc) is 2.46. The number of rotatable bonds is 3. The molecule has 1 N–H and O–H groups in total. The van der Waals surface area contributed by atoms with Crippen LogP contribution in [-0.4, -0.2) is 18.8 Å². The molecular weight excluding hydrogens is 179 g/mol. The van der Waals surface area contributed by atoms with Crippen molar-refractivity contribution < 1.29 is 13.2 Å². The lowest BCUT2D eigenvalue weighted by molar-refractivity contribution is -0.126. The Labute approximate surface area is 76.7 Å². The Kier molecular flexibility index (Phi) is 3.59. The molecule has 1 nitrogen and oxygen atoms in total. The highest BCUT2D eigenvalue weighted by atomic mass is 19.4. The van der Waals surface area contributed by atoms with E-state index < -0.39 is 12.7 Å². The lowest BCUT2D eigenvalue weighted by Gasteiger charge is -2.20. The van der Waals surface area contributed by atoms with Crippen molar-refractivity contribution in [2.24, 2.45) is 5.92 Å². The van der Waals surface area contributed by atoms with Crippen LogP contribution in [0.4, 0.5) is 13.2 Å². The highest BCUT2D eigenvalue weighted by molar-refractivity contribution is 4.82. The first kappa shape index (κ1) is 10.8. The normalized spacial score (nSPS) is 29.5.